The van der Waals surface area contributed by atoms with Crippen LogP contribution in [0.3, 0.4) is 0 Å². The molecule has 4 amide bonds. The molecular formula is C17H26N4O3. The van der Waals surface area contributed by atoms with Gasteiger partial charge in [-0.1, -0.05) is 13.8 Å². The summed E-state index contributed by atoms with van der Waals surface area (Å²) in [5.74, 6) is 0.193. The Labute approximate surface area is 142 Å². The molecule has 0 heterocycles. The van der Waals surface area contributed by atoms with Crippen molar-refractivity contribution in [1.82, 2.24) is 5.32 Å². The zero-order valence-corrected chi connectivity index (χ0v) is 14.2. The number of amides is 4. The first kappa shape index (κ1) is 19.5. The first-order chi connectivity index (χ1) is 11.4. The minimum absolute atomic E-state index is 0.0219. The second-order valence-corrected chi connectivity index (χ2v) is 6.02. The van der Waals surface area contributed by atoms with E-state index in [1.54, 1.807) is 24.3 Å². The molecule has 0 aromatic heterocycles. The summed E-state index contributed by atoms with van der Waals surface area (Å²) in [5, 5.41) is 8.08. The highest BCUT2D eigenvalue weighted by atomic mass is 16.2. The molecule has 0 aliphatic rings. The van der Waals surface area contributed by atoms with Crippen LogP contribution in [-0.2, 0) is 9.59 Å². The summed E-state index contributed by atoms with van der Waals surface area (Å²) in [6.07, 6.45) is 2.20. The van der Waals surface area contributed by atoms with E-state index in [1.807, 2.05) is 13.8 Å². The van der Waals surface area contributed by atoms with E-state index in [2.05, 4.69) is 16.0 Å². The van der Waals surface area contributed by atoms with E-state index < -0.39 is 6.03 Å². The van der Waals surface area contributed by atoms with Crippen molar-refractivity contribution in [3.63, 3.8) is 0 Å². The van der Waals surface area contributed by atoms with Crippen LogP contribution in [0.25, 0.3) is 0 Å². The molecule has 0 saturated carbocycles. The van der Waals surface area contributed by atoms with Gasteiger partial charge in [-0.05, 0) is 43.0 Å². The number of nitrogens with one attached hydrogen (secondary N) is 3. The maximum absolute atomic E-state index is 11.8. The standard InChI is InChI=1S/C17H26N4O3/c1-12(2)11-16(23)21-14-8-6-13(7-9-14)20-15(22)5-3-4-10-19-17(18)24/h6-9,12H,3-5,10-11H2,1-2H3,(H,20,22)(H,21,23)(H3,18,19,24). The van der Waals surface area contributed by atoms with E-state index >= 15 is 0 Å². The number of unbranched alkanes of at least 4 members (excludes halogenated alkanes) is 1. The van der Waals surface area contributed by atoms with Gasteiger partial charge in [0.15, 0.2) is 0 Å². The van der Waals surface area contributed by atoms with Gasteiger partial charge in [-0.2, -0.15) is 0 Å². The number of anilines is 2. The number of hydrogen-bond donors (Lipinski definition) is 4. The number of urea groups is 1. The fraction of sp³-hybridized carbons (Fsp3) is 0.471. The number of carbonyl (C=O) groups excluding carboxylic acids is 3. The zero-order chi connectivity index (χ0) is 17.9. The van der Waals surface area contributed by atoms with Crippen LogP contribution in [0.2, 0.25) is 0 Å². The van der Waals surface area contributed by atoms with Gasteiger partial charge in [-0.15, -0.1) is 0 Å². The van der Waals surface area contributed by atoms with E-state index in [4.69, 9.17) is 5.73 Å². The lowest BCUT2D eigenvalue weighted by atomic mass is 10.1. The van der Waals surface area contributed by atoms with Crippen molar-refractivity contribution < 1.29 is 14.4 Å². The van der Waals surface area contributed by atoms with Gasteiger partial charge in [0.2, 0.25) is 11.8 Å². The van der Waals surface area contributed by atoms with Gasteiger partial charge in [-0.3, -0.25) is 9.59 Å². The van der Waals surface area contributed by atoms with Crippen molar-refractivity contribution >= 4 is 29.2 Å². The van der Waals surface area contributed by atoms with E-state index in [9.17, 15) is 14.4 Å². The van der Waals surface area contributed by atoms with Crippen LogP contribution in [0.15, 0.2) is 24.3 Å². The van der Waals surface area contributed by atoms with Crippen LogP contribution in [0, 0.1) is 5.92 Å². The van der Waals surface area contributed by atoms with Gasteiger partial charge in [0.05, 0.1) is 0 Å². The Morgan fingerprint density at radius 3 is 2.00 bits per heavy atom. The van der Waals surface area contributed by atoms with Crippen molar-refractivity contribution in [2.75, 3.05) is 17.2 Å². The third kappa shape index (κ3) is 8.77. The predicted molar refractivity (Wildman–Crippen MR) is 94.6 cm³/mol. The summed E-state index contributed by atoms with van der Waals surface area (Å²) in [4.78, 5) is 34.0. The molecule has 0 atom stereocenters. The summed E-state index contributed by atoms with van der Waals surface area (Å²) in [7, 11) is 0. The highest BCUT2D eigenvalue weighted by Gasteiger charge is 2.06. The average Bonchev–Trinajstić information content (AvgIpc) is 2.47. The predicted octanol–water partition coefficient (Wildman–Crippen LogP) is 2.45. The van der Waals surface area contributed by atoms with Crippen LogP contribution < -0.4 is 21.7 Å². The third-order valence-electron chi connectivity index (χ3n) is 3.18. The summed E-state index contributed by atoms with van der Waals surface area (Å²) >= 11 is 0. The Bertz CT molecular complexity index is 555. The number of rotatable bonds is 9. The number of primary amides is 1. The van der Waals surface area contributed by atoms with Crippen molar-refractivity contribution in [2.24, 2.45) is 11.7 Å². The lowest BCUT2D eigenvalue weighted by molar-refractivity contribution is -0.117. The normalized spacial score (nSPS) is 10.3. The molecular weight excluding hydrogens is 308 g/mol. The van der Waals surface area contributed by atoms with Gasteiger partial charge in [0, 0.05) is 30.8 Å². The van der Waals surface area contributed by atoms with Crippen LogP contribution in [-0.4, -0.2) is 24.4 Å². The van der Waals surface area contributed by atoms with Gasteiger partial charge < -0.3 is 21.7 Å². The summed E-state index contributed by atoms with van der Waals surface area (Å²) in [5.41, 5.74) is 6.33. The number of nitrogens with two attached hydrogens (primary N) is 1. The minimum Gasteiger partial charge on any atom is -0.352 e. The van der Waals surface area contributed by atoms with Crippen molar-refractivity contribution in [3.05, 3.63) is 24.3 Å². The molecule has 0 spiro atoms. The van der Waals surface area contributed by atoms with E-state index in [1.165, 1.54) is 0 Å². The SMILES string of the molecule is CC(C)CC(=O)Nc1ccc(NC(=O)CCCCNC(N)=O)cc1. The molecule has 1 aromatic rings. The van der Waals surface area contributed by atoms with E-state index in [0.717, 1.165) is 0 Å². The third-order valence-corrected chi connectivity index (χ3v) is 3.18. The number of benzene rings is 1. The second kappa shape index (κ2) is 10.3. The molecule has 5 N–H and O–H groups in total. The van der Waals surface area contributed by atoms with Crippen molar-refractivity contribution in [3.8, 4) is 0 Å². The van der Waals surface area contributed by atoms with Gasteiger partial charge in [0.1, 0.15) is 0 Å². The van der Waals surface area contributed by atoms with E-state index in [-0.39, 0.29) is 11.8 Å². The van der Waals surface area contributed by atoms with Gasteiger partial charge in [-0.25, -0.2) is 4.79 Å². The highest BCUT2D eigenvalue weighted by molar-refractivity contribution is 5.93. The van der Waals surface area contributed by atoms with Crippen LogP contribution in [0.5, 0.6) is 0 Å². The van der Waals surface area contributed by atoms with Crippen LogP contribution in [0.4, 0.5) is 16.2 Å². The largest absolute Gasteiger partial charge is 0.352 e. The molecule has 0 radical (unpaired) electrons. The Hall–Kier alpha value is -2.57. The molecule has 0 unspecified atom stereocenters. The number of carbonyl (C=O) groups is 3. The summed E-state index contributed by atoms with van der Waals surface area (Å²) in [6.45, 7) is 4.44. The molecule has 7 nitrogen and oxygen atoms in total. The fourth-order valence-corrected chi connectivity index (χ4v) is 2.07. The lowest BCUT2D eigenvalue weighted by Gasteiger charge is -2.09. The Morgan fingerprint density at radius 2 is 1.50 bits per heavy atom. The summed E-state index contributed by atoms with van der Waals surface area (Å²) < 4.78 is 0. The molecule has 24 heavy (non-hydrogen) atoms. The topological polar surface area (TPSA) is 113 Å². The van der Waals surface area contributed by atoms with Crippen LogP contribution >= 0.6 is 0 Å². The minimum atomic E-state index is -0.556. The molecule has 132 valence electrons. The second-order valence-electron chi connectivity index (χ2n) is 6.02. The monoisotopic (exact) mass is 334 g/mol. The average molecular weight is 334 g/mol. The quantitative estimate of drug-likeness (QED) is 0.520. The molecule has 0 fully saturated rings. The fourth-order valence-electron chi connectivity index (χ4n) is 2.07. The Morgan fingerprint density at radius 1 is 0.958 bits per heavy atom. The maximum atomic E-state index is 11.8. The Balaban J connectivity index is 2.31. The van der Waals surface area contributed by atoms with E-state index in [0.29, 0.717) is 49.5 Å². The molecule has 7 heteroatoms. The molecule has 1 aromatic carbocycles. The van der Waals surface area contributed by atoms with Gasteiger partial charge >= 0.3 is 6.03 Å². The maximum Gasteiger partial charge on any atom is 0.312 e. The summed E-state index contributed by atoms with van der Waals surface area (Å²) in [6, 6.07) is 6.45. The Kier molecular flexibility index (Phi) is 8.32. The van der Waals surface area contributed by atoms with Gasteiger partial charge in [0.25, 0.3) is 0 Å². The molecule has 0 aliphatic carbocycles. The van der Waals surface area contributed by atoms with Crippen molar-refractivity contribution in [2.45, 2.75) is 39.5 Å². The number of hydrogen-bond acceptors (Lipinski definition) is 3. The van der Waals surface area contributed by atoms with Crippen LogP contribution in [0.1, 0.15) is 39.5 Å². The highest BCUT2D eigenvalue weighted by Crippen LogP contribution is 2.15. The smallest absolute Gasteiger partial charge is 0.312 e. The molecule has 0 saturated heterocycles. The molecule has 0 bridgehead atoms. The first-order valence-electron chi connectivity index (χ1n) is 8.10. The molecule has 1 rings (SSSR count). The zero-order valence-electron chi connectivity index (χ0n) is 14.2. The first-order valence-corrected chi connectivity index (χ1v) is 8.10. The van der Waals surface area contributed by atoms with Crippen molar-refractivity contribution in [1.29, 1.82) is 0 Å². The molecule has 0 aliphatic heterocycles. The lowest BCUT2D eigenvalue weighted by Crippen LogP contribution is -2.30.